The Morgan fingerprint density at radius 2 is 2.12 bits per heavy atom. The molecule has 4 aromatic rings. The molecule has 0 amide bonds. The van der Waals surface area contributed by atoms with Crippen LogP contribution in [0.1, 0.15) is 48.2 Å². The number of hydrogen-bond acceptors (Lipinski definition) is 6. The number of benzene rings is 1. The van der Waals surface area contributed by atoms with Crippen molar-refractivity contribution in [1.29, 1.82) is 5.26 Å². The predicted octanol–water partition coefficient (Wildman–Crippen LogP) is 3.96. The Balaban J connectivity index is 1.83. The molecule has 160 valence electrons. The van der Waals surface area contributed by atoms with Crippen LogP contribution in [0.15, 0.2) is 42.7 Å². The number of nitrogen functional groups attached to an aromatic ring is 1. The van der Waals surface area contributed by atoms with Crippen molar-refractivity contribution in [2.45, 2.75) is 39.8 Å². The van der Waals surface area contributed by atoms with E-state index >= 15 is 0 Å². The fourth-order valence-electron chi connectivity index (χ4n) is 4.27. The minimum atomic E-state index is -0.297. The number of rotatable bonds is 1. The molecule has 1 aliphatic rings. The summed E-state index contributed by atoms with van der Waals surface area (Å²) in [4.78, 5) is 4.37. The summed E-state index contributed by atoms with van der Waals surface area (Å²) in [6, 6.07) is 12.4. The molecule has 0 fully saturated rings. The zero-order valence-corrected chi connectivity index (χ0v) is 18.2. The number of pyridine rings is 1. The number of nitrogens with zero attached hydrogens (tertiary/aromatic N) is 6. The van der Waals surface area contributed by atoms with E-state index in [1.54, 1.807) is 17.1 Å². The zero-order chi connectivity index (χ0) is 22.4. The SMILES string of the molecule is CCn1nc2c(c1C#N)-c1cnc(N)c(c1)OC(C)c1cc(C)ccc1-n1nccc1C2. The van der Waals surface area contributed by atoms with E-state index in [2.05, 4.69) is 41.3 Å². The second-order valence-electron chi connectivity index (χ2n) is 7.94. The van der Waals surface area contributed by atoms with Gasteiger partial charge in [0, 0.05) is 42.0 Å². The van der Waals surface area contributed by atoms with Crippen LogP contribution in [0.2, 0.25) is 0 Å². The van der Waals surface area contributed by atoms with Crippen LogP contribution in [0.3, 0.4) is 0 Å². The molecule has 1 atom stereocenters. The molecule has 5 rings (SSSR count). The number of nitrogens with two attached hydrogens (primary N) is 1. The molecule has 32 heavy (non-hydrogen) atoms. The monoisotopic (exact) mass is 425 g/mol. The first-order valence-corrected chi connectivity index (χ1v) is 10.6. The standard InChI is InChI=1S/C24H23N7O/c1-4-30-21(12-25)23-16-10-22(24(26)27-13-16)32-15(3)18-9-14(2)5-6-20(18)31-17(7-8-28-31)11-19(23)29-30/h5-10,13,15H,4,11H2,1-3H3,(H2,26,27). The third kappa shape index (κ3) is 3.10. The first kappa shape index (κ1) is 19.8. The lowest BCUT2D eigenvalue weighted by molar-refractivity contribution is 0.227. The fourth-order valence-corrected chi connectivity index (χ4v) is 4.27. The molecule has 3 aromatic heterocycles. The van der Waals surface area contributed by atoms with Gasteiger partial charge in [0.2, 0.25) is 0 Å². The van der Waals surface area contributed by atoms with Crippen LogP contribution in [-0.2, 0) is 13.0 Å². The summed E-state index contributed by atoms with van der Waals surface area (Å²) in [6.07, 6.45) is 3.68. The molecule has 1 aromatic carbocycles. The molecule has 0 aliphatic carbocycles. The molecule has 2 N–H and O–H groups in total. The van der Waals surface area contributed by atoms with Crippen LogP contribution in [0.4, 0.5) is 5.82 Å². The molecule has 0 spiro atoms. The average Bonchev–Trinajstić information content (AvgIpc) is 3.38. The largest absolute Gasteiger partial charge is 0.482 e. The van der Waals surface area contributed by atoms with Crippen molar-refractivity contribution in [2.24, 2.45) is 0 Å². The minimum absolute atomic E-state index is 0.297. The quantitative estimate of drug-likeness (QED) is 0.495. The van der Waals surface area contributed by atoms with Crippen molar-refractivity contribution in [2.75, 3.05) is 5.73 Å². The molecule has 8 heteroatoms. The third-order valence-electron chi connectivity index (χ3n) is 5.82. The van der Waals surface area contributed by atoms with Crippen LogP contribution >= 0.6 is 0 Å². The predicted molar refractivity (Wildman–Crippen MR) is 120 cm³/mol. The van der Waals surface area contributed by atoms with Gasteiger partial charge in [-0.3, -0.25) is 4.68 Å². The molecular weight excluding hydrogens is 402 g/mol. The molecule has 4 heterocycles. The lowest BCUT2D eigenvalue weighted by Crippen LogP contribution is -2.13. The summed E-state index contributed by atoms with van der Waals surface area (Å²) in [5.74, 6) is 0.775. The summed E-state index contributed by atoms with van der Waals surface area (Å²) in [6.45, 7) is 6.59. The van der Waals surface area contributed by atoms with E-state index in [0.29, 0.717) is 30.2 Å². The van der Waals surface area contributed by atoms with Crippen LogP contribution in [0, 0.1) is 18.3 Å². The first-order valence-electron chi connectivity index (χ1n) is 10.6. The summed E-state index contributed by atoms with van der Waals surface area (Å²) in [5, 5.41) is 19.3. The Morgan fingerprint density at radius 1 is 1.28 bits per heavy atom. The lowest BCUT2D eigenvalue weighted by atomic mass is 10.0. The van der Waals surface area contributed by atoms with Crippen LogP contribution in [0.25, 0.3) is 16.8 Å². The van der Waals surface area contributed by atoms with E-state index in [0.717, 1.165) is 39.3 Å². The number of anilines is 1. The minimum Gasteiger partial charge on any atom is -0.482 e. The maximum absolute atomic E-state index is 9.92. The van der Waals surface area contributed by atoms with Gasteiger partial charge in [0.05, 0.1) is 17.1 Å². The normalized spacial score (nSPS) is 14.8. The number of nitriles is 1. The molecule has 1 aliphatic heterocycles. The van der Waals surface area contributed by atoms with Crippen molar-refractivity contribution in [3.05, 3.63) is 70.9 Å². The van der Waals surface area contributed by atoms with E-state index in [-0.39, 0.29) is 6.10 Å². The van der Waals surface area contributed by atoms with Gasteiger partial charge in [-0.25, -0.2) is 9.67 Å². The number of fused-ring (bicyclic) bond motifs is 7. The van der Waals surface area contributed by atoms with Gasteiger partial charge in [-0.2, -0.15) is 15.5 Å². The molecular formula is C24H23N7O. The van der Waals surface area contributed by atoms with Crippen molar-refractivity contribution in [3.8, 4) is 28.6 Å². The van der Waals surface area contributed by atoms with Crippen molar-refractivity contribution >= 4 is 5.82 Å². The van der Waals surface area contributed by atoms with Crippen LogP contribution < -0.4 is 10.5 Å². The van der Waals surface area contributed by atoms with Gasteiger partial charge in [-0.15, -0.1) is 0 Å². The molecule has 1 unspecified atom stereocenters. The van der Waals surface area contributed by atoms with Gasteiger partial charge in [0.15, 0.2) is 11.6 Å². The van der Waals surface area contributed by atoms with Gasteiger partial charge in [0.1, 0.15) is 17.9 Å². The third-order valence-corrected chi connectivity index (χ3v) is 5.82. The summed E-state index contributed by atoms with van der Waals surface area (Å²) >= 11 is 0. The van der Waals surface area contributed by atoms with Crippen molar-refractivity contribution < 1.29 is 4.74 Å². The van der Waals surface area contributed by atoms with Crippen LogP contribution in [-0.4, -0.2) is 24.5 Å². The second kappa shape index (κ2) is 7.54. The molecule has 0 radical (unpaired) electrons. The van der Waals surface area contributed by atoms with E-state index in [1.807, 2.05) is 30.7 Å². The smallest absolute Gasteiger partial charge is 0.166 e. The number of aryl methyl sites for hydroxylation is 2. The average molecular weight is 425 g/mol. The number of hydrogen-bond donors (Lipinski definition) is 1. The van der Waals surface area contributed by atoms with E-state index in [1.165, 1.54) is 0 Å². The fraction of sp³-hybridized carbons (Fsp3) is 0.250. The first-order chi connectivity index (χ1) is 15.5. The van der Waals surface area contributed by atoms with Crippen molar-refractivity contribution in [1.82, 2.24) is 24.5 Å². The van der Waals surface area contributed by atoms with Gasteiger partial charge >= 0.3 is 0 Å². The molecule has 0 saturated heterocycles. The van der Waals surface area contributed by atoms with Gasteiger partial charge in [0.25, 0.3) is 0 Å². The van der Waals surface area contributed by atoms with Gasteiger partial charge in [-0.05, 0) is 39.0 Å². The number of ether oxygens (including phenoxy) is 1. The van der Waals surface area contributed by atoms with E-state index < -0.39 is 0 Å². The molecule has 8 nitrogen and oxygen atoms in total. The summed E-state index contributed by atoms with van der Waals surface area (Å²) in [7, 11) is 0. The topological polar surface area (TPSA) is 108 Å². The highest BCUT2D eigenvalue weighted by Gasteiger charge is 2.25. The Labute approximate surface area is 185 Å². The molecule has 0 saturated carbocycles. The van der Waals surface area contributed by atoms with Gasteiger partial charge < -0.3 is 10.5 Å². The Bertz CT molecular complexity index is 1380. The highest BCUT2D eigenvalue weighted by Crippen LogP contribution is 2.36. The Morgan fingerprint density at radius 3 is 2.91 bits per heavy atom. The Hall–Kier alpha value is -4.12. The Kier molecular flexibility index (Phi) is 4.67. The van der Waals surface area contributed by atoms with E-state index in [4.69, 9.17) is 15.6 Å². The highest BCUT2D eigenvalue weighted by atomic mass is 16.5. The van der Waals surface area contributed by atoms with E-state index in [9.17, 15) is 5.26 Å². The van der Waals surface area contributed by atoms with Gasteiger partial charge in [-0.1, -0.05) is 17.7 Å². The summed E-state index contributed by atoms with van der Waals surface area (Å²) in [5.41, 5.74) is 13.0. The van der Waals surface area contributed by atoms with Crippen molar-refractivity contribution in [3.63, 3.8) is 0 Å². The maximum Gasteiger partial charge on any atom is 0.166 e. The zero-order valence-electron chi connectivity index (χ0n) is 18.2. The highest BCUT2D eigenvalue weighted by molar-refractivity contribution is 5.74. The van der Waals surface area contributed by atoms with Crippen LogP contribution in [0.5, 0.6) is 5.75 Å². The number of aromatic nitrogens is 5. The maximum atomic E-state index is 9.92. The summed E-state index contributed by atoms with van der Waals surface area (Å²) < 4.78 is 9.96. The second-order valence-corrected chi connectivity index (χ2v) is 7.94. The lowest BCUT2D eigenvalue weighted by Gasteiger charge is -2.22. The molecule has 2 bridgehead atoms.